The lowest BCUT2D eigenvalue weighted by Crippen LogP contribution is -2.54. The minimum atomic E-state index is -0.0137. The van der Waals surface area contributed by atoms with Gasteiger partial charge < -0.3 is 0 Å². The van der Waals surface area contributed by atoms with Gasteiger partial charge in [0.15, 0.2) is 6.20 Å². The van der Waals surface area contributed by atoms with Gasteiger partial charge in [0, 0.05) is 18.1 Å². The van der Waals surface area contributed by atoms with Crippen LogP contribution in [0, 0.1) is 0 Å². The molecular weight excluding hydrogens is 386 g/mol. The van der Waals surface area contributed by atoms with Crippen molar-refractivity contribution in [1.29, 1.82) is 0 Å². The lowest BCUT2D eigenvalue weighted by Gasteiger charge is -2.29. The number of unbranched alkanes of at least 4 members (excludes halogenated alkanes) is 1. The van der Waals surface area contributed by atoms with Gasteiger partial charge in [0.1, 0.15) is 0 Å². The average molecular weight is 419 g/mol. The maximum atomic E-state index is 4.69. The minimum Gasteiger partial charge on any atom is -0.187 e. The van der Waals surface area contributed by atoms with Crippen molar-refractivity contribution in [3.63, 3.8) is 0 Å². The molecule has 2 unspecified atom stereocenters. The predicted octanol–water partition coefficient (Wildman–Crippen LogP) is 7.63. The molecule has 0 spiro atoms. The largest absolute Gasteiger partial charge is 0.221 e. The molecule has 1 aliphatic heterocycles. The molecule has 32 heavy (non-hydrogen) atoms. The van der Waals surface area contributed by atoms with Crippen LogP contribution in [0.15, 0.2) is 79.0 Å². The molecule has 1 nitrogen and oxygen atoms in total. The fourth-order valence-corrected chi connectivity index (χ4v) is 7.03. The smallest absolute Gasteiger partial charge is 0.187 e. The van der Waals surface area contributed by atoms with Gasteiger partial charge in [-0.25, -0.2) is 0 Å². The van der Waals surface area contributed by atoms with E-state index in [2.05, 4.69) is 92.2 Å². The fourth-order valence-electron chi connectivity index (χ4n) is 7.03. The second-order valence-electron chi connectivity index (χ2n) is 9.71. The van der Waals surface area contributed by atoms with Gasteiger partial charge in [-0.05, 0) is 64.7 Å². The highest BCUT2D eigenvalue weighted by atomic mass is 15.2. The van der Waals surface area contributed by atoms with Gasteiger partial charge in [0.2, 0.25) is 11.2 Å². The Bertz CT molecular complexity index is 1410. The standard InChI is InChI=1S/C31H32N/c1-5-8-12-22-15-11-16-26-25(22)17-18-32-29(26)27-19-23-13-9-10-14-24(23)20-28(27)30(6-2)21(4)31(30,32)7-3/h9-11,13-20H,4-8,12H2,1-3H3/q+1. The van der Waals surface area contributed by atoms with Crippen molar-refractivity contribution in [3.05, 3.63) is 90.1 Å². The van der Waals surface area contributed by atoms with E-state index in [0.717, 1.165) is 19.3 Å². The Morgan fingerprint density at radius 2 is 1.62 bits per heavy atom. The van der Waals surface area contributed by atoms with Crippen LogP contribution < -0.4 is 4.57 Å². The topological polar surface area (TPSA) is 3.88 Å². The third-order valence-electron chi connectivity index (χ3n) is 8.59. The van der Waals surface area contributed by atoms with Crippen LogP contribution in [0.25, 0.3) is 32.8 Å². The van der Waals surface area contributed by atoms with Crippen LogP contribution in [0.5, 0.6) is 0 Å². The van der Waals surface area contributed by atoms with E-state index < -0.39 is 0 Å². The molecule has 2 heterocycles. The number of benzene rings is 3. The third kappa shape index (κ3) is 2.17. The maximum Gasteiger partial charge on any atom is 0.221 e. The molecule has 0 bridgehead atoms. The third-order valence-corrected chi connectivity index (χ3v) is 8.59. The van der Waals surface area contributed by atoms with E-state index in [-0.39, 0.29) is 11.0 Å². The van der Waals surface area contributed by atoms with Gasteiger partial charge in [0.25, 0.3) is 0 Å². The summed E-state index contributed by atoms with van der Waals surface area (Å²) < 4.78 is 2.60. The summed E-state index contributed by atoms with van der Waals surface area (Å²) in [6.07, 6.45) is 8.14. The number of nitrogens with zero attached hydrogens (tertiary/aromatic N) is 1. The summed E-state index contributed by atoms with van der Waals surface area (Å²) in [6, 6.07) is 23.0. The Morgan fingerprint density at radius 1 is 0.844 bits per heavy atom. The van der Waals surface area contributed by atoms with E-state index in [1.807, 2.05) is 0 Å². The molecule has 1 aromatic heterocycles. The van der Waals surface area contributed by atoms with Crippen molar-refractivity contribution in [1.82, 2.24) is 0 Å². The predicted molar refractivity (Wildman–Crippen MR) is 135 cm³/mol. The highest BCUT2D eigenvalue weighted by Gasteiger charge is 2.80. The second kappa shape index (κ2) is 6.78. The van der Waals surface area contributed by atoms with Gasteiger partial charge in [-0.3, -0.25) is 0 Å². The second-order valence-corrected chi connectivity index (χ2v) is 9.71. The normalized spacial score (nSPS) is 23.2. The first kappa shape index (κ1) is 19.7. The molecule has 0 saturated heterocycles. The molecule has 0 N–H and O–H groups in total. The zero-order valence-electron chi connectivity index (χ0n) is 19.5. The Kier molecular flexibility index (Phi) is 4.18. The van der Waals surface area contributed by atoms with E-state index >= 15 is 0 Å². The molecule has 0 radical (unpaired) electrons. The van der Waals surface area contributed by atoms with Crippen LogP contribution in [0.2, 0.25) is 0 Å². The van der Waals surface area contributed by atoms with Gasteiger partial charge in [-0.2, -0.15) is 4.57 Å². The maximum absolute atomic E-state index is 4.69. The van der Waals surface area contributed by atoms with E-state index in [1.165, 1.54) is 62.3 Å². The first-order valence-corrected chi connectivity index (χ1v) is 12.3. The SMILES string of the molecule is C=C1C2(CC)c3cc4ccccc4cc3-c3c4cccc(CCCC)c4cc[n+]3C12CC. The summed E-state index contributed by atoms with van der Waals surface area (Å²) in [5, 5.41) is 5.45. The van der Waals surface area contributed by atoms with Gasteiger partial charge in [-0.1, -0.05) is 70.2 Å². The molecule has 2 atom stereocenters. The van der Waals surface area contributed by atoms with Crippen molar-refractivity contribution in [3.8, 4) is 11.3 Å². The van der Waals surface area contributed by atoms with Crippen LogP contribution in [-0.2, 0) is 17.4 Å². The van der Waals surface area contributed by atoms with Gasteiger partial charge in [-0.15, -0.1) is 0 Å². The highest BCUT2D eigenvalue weighted by molar-refractivity contribution is 6.00. The quantitative estimate of drug-likeness (QED) is 0.232. The zero-order valence-corrected chi connectivity index (χ0v) is 19.5. The number of rotatable bonds is 5. The molecule has 1 heteroatoms. The van der Waals surface area contributed by atoms with Crippen LogP contribution in [0.3, 0.4) is 0 Å². The molecule has 6 rings (SSSR count). The molecule has 160 valence electrons. The van der Waals surface area contributed by atoms with Crippen LogP contribution in [-0.4, -0.2) is 0 Å². The van der Waals surface area contributed by atoms with Crippen molar-refractivity contribution in [2.45, 2.75) is 63.8 Å². The summed E-state index contributed by atoms with van der Waals surface area (Å²) in [5.74, 6) is 0. The zero-order chi connectivity index (χ0) is 22.1. The molecule has 4 aromatic rings. The van der Waals surface area contributed by atoms with Gasteiger partial charge in [0.05, 0.1) is 16.4 Å². The summed E-state index contributed by atoms with van der Waals surface area (Å²) in [4.78, 5) is 0. The molecule has 3 aromatic carbocycles. The monoisotopic (exact) mass is 418 g/mol. The number of aryl methyl sites for hydroxylation is 1. The lowest BCUT2D eigenvalue weighted by molar-refractivity contribution is -0.730. The Balaban J connectivity index is 1.75. The van der Waals surface area contributed by atoms with Crippen LogP contribution in [0.4, 0.5) is 0 Å². The summed E-state index contributed by atoms with van der Waals surface area (Å²) in [7, 11) is 0. The summed E-state index contributed by atoms with van der Waals surface area (Å²) >= 11 is 0. The number of hydrogen-bond acceptors (Lipinski definition) is 0. The molecule has 1 aliphatic carbocycles. The van der Waals surface area contributed by atoms with Crippen LogP contribution >= 0.6 is 0 Å². The van der Waals surface area contributed by atoms with E-state index in [4.69, 9.17) is 6.58 Å². The van der Waals surface area contributed by atoms with Gasteiger partial charge >= 0.3 is 0 Å². The lowest BCUT2D eigenvalue weighted by atomic mass is 9.77. The number of fused-ring (bicyclic) bond motifs is 9. The number of aromatic nitrogens is 1. The van der Waals surface area contributed by atoms with Crippen LogP contribution in [0.1, 0.15) is 57.6 Å². The minimum absolute atomic E-state index is 0.0137. The fraction of sp³-hybridized carbons (Fsp3) is 0.323. The first-order chi connectivity index (χ1) is 15.6. The first-order valence-electron chi connectivity index (χ1n) is 12.3. The highest BCUT2D eigenvalue weighted by Crippen LogP contribution is 2.71. The van der Waals surface area contributed by atoms with Crippen molar-refractivity contribution >= 4 is 21.5 Å². The average Bonchev–Trinajstić information content (AvgIpc) is 3.40. The number of hydrogen-bond donors (Lipinski definition) is 0. The summed E-state index contributed by atoms with van der Waals surface area (Å²) in [5.41, 5.74) is 7.14. The number of allylic oxidation sites excluding steroid dienone is 1. The van der Waals surface area contributed by atoms with E-state index in [1.54, 1.807) is 0 Å². The van der Waals surface area contributed by atoms with Crippen molar-refractivity contribution < 1.29 is 4.57 Å². The number of pyridine rings is 1. The van der Waals surface area contributed by atoms with Crippen molar-refractivity contribution in [2.24, 2.45) is 0 Å². The Morgan fingerprint density at radius 3 is 2.34 bits per heavy atom. The molecule has 1 fully saturated rings. The molecule has 0 amide bonds. The Labute approximate surface area is 191 Å². The van der Waals surface area contributed by atoms with Crippen molar-refractivity contribution in [2.75, 3.05) is 0 Å². The Hall–Kier alpha value is -2.93. The summed E-state index contributed by atoms with van der Waals surface area (Å²) in [6.45, 7) is 11.7. The molecule has 2 aliphatic rings. The molecular formula is C31H32N+. The van der Waals surface area contributed by atoms with E-state index in [0.29, 0.717) is 0 Å². The molecule has 1 saturated carbocycles. The van der Waals surface area contributed by atoms with E-state index in [9.17, 15) is 0 Å².